The van der Waals surface area contributed by atoms with Crippen molar-refractivity contribution in [2.45, 2.75) is 32.2 Å². The topological polar surface area (TPSA) is 91.0 Å². The van der Waals surface area contributed by atoms with Gasteiger partial charge in [-0.1, -0.05) is 36.4 Å². The largest absolute Gasteiger partial charge is 0.361 e. The molecule has 1 atom stereocenters. The maximum atomic E-state index is 13.2. The fourth-order valence-corrected chi connectivity index (χ4v) is 4.46. The van der Waals surface area contributed by atoms with Crippen molar-refractivity contribution in [2.75, 3.05) is 11.9 Å². The van der Waals surface area contributed by atoms with Crippen molar-refractivity contribution >= 4 is 28.4 Å². The highest BCUT2D eigenvalue weighted by atomic mass is 16.2. The first-order valence-electron chi connectivity index (χ1n) is 11.1. The molecule has 1 unspecified atom stereocenters. The summed E-state index contributed by atoms with van der Waals surface area (Å²) in [5, 5.41) is 3.94. The predicted molar refractivity (Wildman–Crippen MR) is 127 cm³/mol. The molecule has 0 bridgehead atoms. The Bertz CT molecular complexity index is 1310. The van der Waals surface area contributed by atoms with E-state index < -0.39 is 0 Å². The van der Waals surface area contributed by atoms with Gasteiger partial charge in [0.1, 0.15) is 0 Å². The highest BCUT2D eigenvalue weighted by Crippen LogP contribution is 2.31. The highest BCUT2D eigenvalue weighted by Gasteiger charge is 2.32. The van der Waals surface area contributed by atoms with Gasteiger partial charge in [0.05, 0.1) is 23.7 Å². The van der Waals surface area contributed by atoms with Crippen LogP contribution in [0.3, 0.4) is 0 Å². The third-order valence-corrected chi connectivity index (χ3v) is 6.16. The average Bonchev–Trinajstić information content (AvgIpc) is 3.47. The van der Waals surface area contributed by atoms with Gasteiger partial charge in [-0.05, 0) is 43.5 Å². The van der Waals surface area contributed by atoms with Crippen LogP contribution in [0.1, 0.15) is 46.3 Å². The van der Waals surface area contributed by atoms with E-state index in [1.54, 1.807) is 13.1 Å². The van der Waals surface area contributed by atoms with Gasteiger partial charge in [0, 0.05) is 35.5 Å². The first-order valence-corrected chi connectivity index (χ1v) is 11.1. The highest BCUT2D eigenvalue weighted by molar-refractivity contribution is 6.04. The van der Waals surface area contributed by atoms with Crippen LogP contribution in [0.25, 0.3) is 10.9 Å². The molecule has 7 heteroatoms. The number of amides is 2. The first-order chi connectivity index (χ1) is 16.1. The molecular weight excluding hydrogens is 414 g/mol. The predicted octanol–water partition coefficient (Wildman–Crippen LogP) is 4.42. The van der Waals surface area contributed by atoms with E-state index in [-0.39, 0.29) is 17.9 Å². The fraction of sp³-hybridized carbons (Fsp3) is 0.231. The van der Waals surface area contributed by atoms with Crippen molar-refractivity contribution in [1.29, 1.82) is 0 Å². The molecule has 4 aromatic rings. The minimum Gasteiger partial charge on any atom is -0.361 e. The Labute approximate surface area is 191 Å². The van der Waals surface area contributed by atoms with Gasteiger partial charge >= 0.3 is 0 Å². The Morgan fingerprint density at radius 1 is 1.12 bits per heavy atom. The molecule has 0 aliphatic carbocycles. The zero-order chi connectivity index (χ0) is 22.8. The molecule has 2 amide bonds. The number of carbonyl (C=O) groups excluding carboxylic acids is 2. The van der Waals surface area contributed by atoms with Crippen LogP contribution in [-0.4, -0.2) is 38.2 Å². The summed E-state index contributed by atoms with van der Waals surface area (Å²) in [7, 11) is 0. The number of rotatable bonds is 5. The lowest BCUT2D eigenvalue weighted by Gasteiger charge is -2.24. The molecule has 1 aliphatic rings. The van der Waals surface area contributed by atoms with E-state index in [9.17, 15) is 9.59 Å². The lowest BCUT2D eigenvalue weighted by molar-refractivity contribution is -0.131. The van der Waals surface area contributed by atoms with E-state index in [4.69, 9.17) is 0 Å². The quantitative estimate of drug-likeness (QED) is 0.481. The number of benzene rings is 2. The van der Waals surface area contributed by atoms with E-state index in [0.717, 1.165) is 35.0 Å². The molecule has 1 fully saturated rings. The number of para-hydroxylation sites is 2. The Morgan fingerprint density at radius 2 is 1.91 bits per heavy atom. The second-order valence-electron chi connectivity index (χ2n) is 8.33. The summed E-state index contributed by atoms with van der Waals surface area (Å²) in [5.41, 5.74) is 3.77. The number of H-pyrrole nitrogens is 1. The summed E-state index contributed by atoms with van der Waals surface area (Å²) in [6, 6.07) is 17.1. The van der Waals surface area contributed by atoms with Crippen molar-refractivity contribution in [3.8, 4) is 0 Å². The van der Waals surface area contributed by atoms with Gasteiger partial charge in [-0.3, -0.25) is 9.59 Å². The molecule has 5 rings (SSSR count). The Balaban J connectivity index is 1.32. The van der Waals surface area contributed by atoms with Crippen LogP contribution in [0, 0.1) is 6.92 Å². The van der Waals surface area contributed by atoms with Crippen molar-refractivity contribution < 1.29 is 9.59 Å². The van der Waals surface area contributed by atoms with Crippen LogP contribution in [-0.2, 0) is 11.2 Å². The third kappa shape index (κ3) is 4.22. The molecule has 166 valence electrons. The smallest absolute Gasteiger partial charge is 0.259 e. The average molecular weight is 440 g/mol. The van der Waals surface area contributed by atoms with Crippen molar-refractivity contribution in [3.05, 3.63) is 89.6 Å². The van der Waals surface area contributed by atoms with E-state index in [1.165, 1.54) is 0 Å². The third-order valence-electron chi connectivity index (χ3n) is 6.16. The Kier molecular flexibility index (Phi) is 5.60. The maximum Gasteiger partial charge on any atom is 0.259 e. The molecule has 0 spiro atoms. The summed E-state index contributed by atoms with van der Waals surface area (Å²) in [6.07, 6.45) is 5.53. The lowest BCUT2D eigenvalue weighted by atomic mass is 10.1. The number of aromatic nitrogens is 3. The number of likely N-dealkylation sites (tertiary alicyclic amines) is 1. The van der Waals surface area contributed by atoms with E-state index in [1.807, 2.05) is 65.7 Å². The zero-order valence-electron chi connectivity index (χ0n) is 18.4. The number of nitrogens with one attached hydrogen (secondary N) is 2. The van der Waals surface area contributed by atoms with Crippen molar-refractivity contribution in [3.63, 3.8) is 0 Å². The van der Waals surface area contributed by atoms with Crippen LogP contribution in [0.4, 0.5) is 5.69 Å². The number of fused-ring (bicyclic) bond motifs is 1. The number of hydrogen-bond donors (Lipinski definition) is 2. The van der Waals surface area contributed by atoms with E-state index >= 15 is 0 Å². The number of carbonyl (C=O) groups is 2. The Morgan fingerprint density at radius 3 is 2.73 bits per heavy atom. The molecule has 33 heavy (non-hydrogen) atoms. The van der Waals surface area contributed by atoms with Gasteiger partial charge < -0.3 is 15.2 Å². The van der Waals surface area contributed by atoms with Gasteiger partial charge in [0.2, 0.25) is 5.91 Å². The van der Waals surface area contributed by atoms with Crippen molar-refractivity contribution in [2.24, 2.45) is 0 Å². The van der Waals surface area contributed by atoms with Crippen LogP contribution in [0.5, 0.6) is 0 Å². The Hall–Kier alpha value is -4.00. The molecule has 2 aromatic carbocycles. The van der Waals surface area contributed by atoms with Crippen LogP contribution >= 0.6 is 0 Å². The number of hydrogen-bond acceptors (Lipinski definition) is 4. The van der Waals surface area contributed by atoms with Gasteiger partial charge in [0.25, 0.3) is 5.91 Å². The lowest BCUT2D eigenvalue weighted by Crippen LogP contribution is -2.33. The zero-order valence-corrected chi connectivity index (χ0v) is 18.4. The minimum atomic E-state index is -0.246. The SMILES string of the molecule is Cc1nc(C2CCCN2C(=O)Cc2c[nH]c3ccccc23)ncc1C(=O)Nc1ccccc1. The summed E-state index contributed by atoms with van der Waals surface area (Å²) >= 11 is 0. The summed E-state index contributed by atoms with van der Waals surface area (Å²) < 4.78 is 0. The second-order valence-corrected chi connectivity index (χ2v) is 8.33. The number of aryl methyl sites for hydroxylation is 1. The molecule has 1 aliphatic heterocycles. The number of nitrogens with zero attached hydrogens (tertiary/aromatic N) is 3. The molecular formula is C26H25N5O2. The normalized spacial score (nSPS) is 15.7. The molecule has 7 nitrogen and oxygen atoms in total. The van der Waals surface area contributed by atoms with Crippen LogP contribution < -0.4 is 5.32 Å². The van der Waals surface area contributed by atoms with Gasteiger partial charge in [0.15, 0.2) is 5.82 Å². The number of anilines is 1. The van der Waals surface area contributed by atoms with Crippen LogP contribution in [0.15, 0.2) is 67.0 Å². The van der Waals surface area contributed by atoms with Gasteiger partial charge in [-0.25, -0.2) is 9.97 Å². The van der Waals surface area contributed by atoms with E-state index in [2.05, 4.69) is 20.3 Å². The van der Waals surface area contributed by atoms with Gasteiger partial charge in [-0.15, -0.1) is 0 Å². The van der Waals surface area contributed by atoms with Gasteiger partial charge in [-0.2, -0.15) is 0 Å². The van der Waals surface area contributed by atoms with Crippen LogP contribution in [0.2, 0.25) is 0 Å². The summed E-state index contributed by atoms with van der Waals surface area (Å²) in [4.78, 5) is 40.1. The van der Waals surface area contributed by atoms with Crippen molar-refractivity contribution in [1.82, 2.24) is 19.9 Å². The maximum absolute atomic E-state index is 13.2. The standard InChI is InChI=1S/C26H25N5O2/c1-17-21(26(33)30-19-8-3-2-4-9-19)16-28-25(29-17)23-12-7-13-31(23)24(32)14-18-15-27-22-11-6-5-10-20(18)22/h2-6,8-11,15-16,23,27H,7,12-14H2,1H3,(H,30,33). The molecule has 0 radical (unpaired) electrons. The monoisotopic (exact) mass is 439 g/mol. The molecule has 3 heterocycles. The molecule has 1 saturated heterocycles. The summed E-state index contributed by atoms with van der Waals surface area (Å²) in [5.74, 6) is 0.409. The molecule has 0 saturated carbocycles. The second kappa shape index (κ2) is 8.86. The number of aromatic amines is 1. The van der Waals surface area contributed by atoms with E-state index in [0.29, 0.717) is 30.0 Å². The summed E-state index contributed by atoms with van der Waals surface area (Å²) in [6.45, 7) is 2.49. The fourth-order valence-electron chi connectivity index (χ4n) is 4.46. The molecule has 2 N–H and O–H groups in total. The molecule has 2 aromatic heterocycles. The minimum absolute atomic E-state index is 0.0643. The first kappa shape index (κ1) is 20.9.